The molecule has 0 saturated heterocycles. The van der Waals surface area contributed by atoms with Gasteiger partial charge in [-0.25, -0.2) is 0 Å². The molecule has 0 radical (unpaired) electrons. The number of rotatable bonds is 4. The number of fused-ring (bicyclic) bond motifs is 1. The summed E-state index contributed by atoms with van der Waals surface area (Å²) >= 11 is 6.24. The molecule has 0 aliphatic carbocycles. The zero-order valence-electron chi connectivity index (χ0n) is 12.2. The lowest BCUT2D eigenvalue weighted by molar-refractivity contribution is 0.171. The molecule has 6 heteroatoms. The summed E-state index contributed by atoms with van der Waals surface area (Å²) in [6.07, 6.45) is 3.60. The molecule has 1 aromatic heterocycles. The molecule has 118 valence electrons. The van der Waals surface area contributed by atoms with E-state index in [0.717, 1.165) is 11.3 Å². The summed E-state index contributed by atoms with van der Waals surface area (Å²) in [5, 5.41) is 4.06. The lowest BCUT2D eigenvalue weighted by Gasteiger charge is -2.21. The summed E-state index contributed by atoms with van der Waals surface area (Å²) in [5.41, 5.74) is 2.28. The van der Waals surface area contributed by atoms with Crippen molar-refractivity contribution < 1.29 is 9.47 Å². The van der Waals surface area contributed by atoms with E-state index in [4.69, 9.17) is 21.1 Å². The van der Waals surface area contributed by atoms with Crippen LogP contribution in [-0.4, -0.2) is 18.2 Å². The third-order valence-corrected chi connectivity index (χ3v) is 3.76. The van der Waals surface area contributed by atoms with E-state index >= 15 is 0 Å². The largest absolute Gasteiger partial charge is 0.486 e. The number of hydrogen-bond acceptors (Lipinski definition) is 4. The first kappa shape index (κ1) is 16.9. The Labute approximate surface area is 141 Å². The van der Waals surface area contributed by atoms with Crippen molar-refractivity contribution in [3.8, 4) is 11.5 Å². The van der Waals surface area contributed by atoms with Crippen LogP contribution in [0.4, 0.5) is 0 Å². The molecular formula is C16H18Cl2N2O2. The number of hydrogen-bond donors (Lipinski definition) is 1. The molecule has 1 aromatic carbocycles. The lowest BCUT2D eigenvalue weighted by Crippen LogP contribution is -2.19. The fourth-order valence-electron chi connectivity index (χ4n) is 2.31. The molecule has 0 fully saturated rings. The Morgan fingerprint density at radius 3 is 2.73 bits per heavy atom. The van der Waals surface area contributed by atoms with Crippen molar-refractivity contribution in [2.75, 3.05) is 13.2 Å². The Morgan fingerprint density at radius 1 is 1.23 bits per heavy atom. The number of aromatic nitrogens is 1. The molecule has 1 N–H and O–H groups in total. The fourth-order valence-corrected chi connectivity index (χ4v) is 2.60. The quantitative estimate of drug-likeness (QED) is 0.919. The average molecular weight is 341 g/mol. The van der Waals surface area contributed by atoms with Crippen molar-refractivity contribution in [3.63, 3.8) is 0 Å². The molecule has 0 spiro atoms. The van der Waals surface area contributed by atoms with Crippen LogP contribution < -0.4 is 14.8 Å². The highest BCUT2D eigenvalue weighted by Crippen LogP contribution is 2.38. The normalized spacial score (nSPS) is 14.1. The number of nitrogens with one attached hydrogen (secondary N) is 1. The summed E-state index contributed by atoms with van der Waals surface area (Å²) in [5.74, 6) is 1.37. The minimum Gasteiger partial charge on any atom is -0.486 e. The number of pyridine rings is 1. The minimum atomic E-state index is 0. The molecule has 0 bridgehead atoms. The molecule has 0 saturated carbocycles. The monoisotopic (exact) mass is 340 g/mol. The summed E-state index contributed by atoms with van der Waals surface area (Å²) in [7, 11) is 0. The maximum atomic E-state index is 6.24. The predicted octanol–water partition coefficient (Wildman–Crippen LogP) is 3.78. The van der Waals surface area contributed by atoms with E-state index in [2.05, 4.69) is 17.2 Å². The second-order valence-corrected chi connectivity index (χ2v) is 5.39. The highest BCUT2D eigenvalue weighted by molar-refractivity contribution is 6.32. The molecule has 2 aromatic rings. The van der Waals surface area contributed by atoms with Crippen molar-refractivity contribution >= 4 is 24.0 Å². The molecular weight excluding hydrogens is 323 g/mol. The van der Waals surface area contributed by atoms with E-state index in [-0.39, 0.29) is 18.4 Å². The van der Waals surface area contributed by atoms with E-state index in [1.165, 1.54) is 5.56 Å². The van der Waals surface area contributed by atoms with Gasteiger partial charge in [0.2, 0.25) is 0 Å². The third-order valence-electron chi connectivity index (χ3n) is 3.48. The molecule has 22 heavy (non-hydrogen) atoms. The van der Waals surface area contributed by atoms with E-state index in [1.807, 2.05) is 24.3 Å². The van der Waals surface area contributed by atoms with Gasteiger partial charge in [0, 0.05) is 25.0 Å². The van der Waals surface area contributed by atoms with Crippen molar-refractivity contribution in [2.45, 2.75) is 19.5 Å². The molecule has 1 unspecified atom stereocenters. The minimum absolute atomic E-state index is 0. The van der Waals surface area contributed by atoms with E-state index < -0.39 is 0 Å². The average Bonchev–Trinajstić information content (AvgIpc) is 2.53. The molecule has 1 aliphatic rings. The van der Waals surface area contributed by atoms with Crippen LogP contribution in [0.2, 0.25) is 5.02 Å². The smallest absolute Gasteiger partial charge is 0.179 e. The maximum Gasteiger partial charge on any atom is 0.179 e. The van der Waals surface area contributed by atoms with Gasteiger partial charge in [-0.1, -0.05) is 11.6 Å². The van der Waals surface area contributed by atoms with Crippen molar-refractivity contribution in [1.82, 2.24) is 10.3 Å². The number of ether oxygens (including phenoxy) is 2. The van der Waals surface area contributed by atoms with Gasteiger partial charge >= 0.3 is 0 Å². The van der Waals surface area contributed by atoms with Crippen molar-refractivity contribution in [2.24, 2.45) is 0 Å². The molecule has 1 aliphatic heterocycles. The topological polar surface area (TPSA) is 43.4 Å². The predicted molar refractivity (Wildman–Crippen MR) is 89.2 cm³/mol. The number of halogens is 2. The van der Waals surface area contributed by atoms with Crippen LogP contribution in [-0.2, 0) is 6.54 Å². The van der Waals surface area contributed by atoms with Gasteiger partial charge in [0.25, 0.3) is 0 Å². The van der Waals surface area contributed by atoms with Gasteiger partial charge in [-0.05, 0) is 42.3 Å². The molecule has 3 rings (SSSR count). The Bertz CT molecular complexity index is 623. The Balaban J connectivity index is 0.00000176. The van der Waals surface area contributed by atoms with Gasteiger partial charge in [0.1, 0.15) is 13.2 Å². The maximum absolute atomic E-state index is 6.24. The van der Waals surface area contributed by atoms with Gasteiger partial charge in [0.05, 0.1) is 5.02 Å². The van der Waals surface area contributed by atoms with Crippen molar-refractivity contribution in [3.05, 3.63) is 52.8 Å². The van der Waals surface area contributed by atoms with Crippen LogP contribution >= 0.6 is 24.0 Å². The van der Waals surface area contributed by atoms with Crippen LogP contribution in [0.15, 0.2) is 36.7 Å². The molecule has 4 nitrogen and oxygen atoms in total. The third kappa shape index (κ3) is 3.83. The van der Waals surface area contributed by atoms with Crippen LogP contribution in [0.3, 0.4) is 0 Å². The van der Waals surface area contributed by atoms with Crippen LogP contribution in [0.1, 0.15) is 24.1 Å². The van der Waals surface area contributed by atoms with Crippen LogP contribution in [0, 0.1) is 0 Å². The first-order valence-electron chi connectivity index (χ1n) is 6.95. The fraction of sp³-hybridized carbons (Fsp3) is 0.312. The summed E-state index contributed by atoms with van der Waals surface area (Å²) in [6, 6.07) is 8.15. The standard InChI is InChI=1S/C16H17ClN2O2.ClH/c1-11(13-2-4-18-5-3-13)19-10-12-8-14(17)16-15(9-12)20-6-7-21-16;/h2-5,8-9,11,19H,6-7,10H2,1H3;1H. The van der Waals surface area contributed by atoms with Gasteiger partial charge in [0.15, 0.2) is 11.5 Å². The first-order valence-corrected chi connectivity index (χ1v) is 7.33. The number of nitrogens with zero attached hydrogens (tertiary/aromatic N) is 1. The summed E-state index contributed by atoms with van der Waals surface area (Å²) in [4.78, 5) is 4.03. The summed E-state index contributed by atoms with van der Waals surface area (Å²) in [6.45, 7) is 3.94. The van der Waals surface area contributed by atoms with Gasteiger partial charge in [-0.15, -0.1) is 12.4 Å². The Hall–Kier alpha value is -1.49. The zero-order valence-corrected chi connectivity index (χ0v) is 13.8. The van der Waals surface area contributed by atoms with Crippen molar-refractivity contribution in [1.29, 1.82) is 0 Å². The molecule has 2 heterocycles. The highest BCUT2D eigenvalue weighted by atomic mass is 35.5. The van der Waals surface area contributed by atoms with Crippen LogP contribution in [0.5, 0.6) is 11.5 Å². The second-order valence-electron chi connectivity index (χ2n) is 4.98. The highest BCUT2D eigenvalue weighted by Gasteiger charge is 2.16. The van der Waals surface area contributed by atoms with Crippen LogP contribution in [0.25, 0.3) is 0 Å². The van der Waals surface area contributed by atoms with Gasteiger partial charge < -0.3 is 14.8 Å². The first-order chi connectivity index (χ1) is 10.2. The lowest BCUT2D eigenvalue weighted by atomic mass is 10.1. The van der Waals surface area contributed by atoms with E-state index in [9.17, 15) is 0 Å². The Kier molecular flexibility index (Phi) is 5.89. The van der Waals surface area contributed by atoms with Gasteiger partial charge in [-0.3, -0.25) is 4.98 Å². The molecule has 0 amide bonds. The number of benzene rings is 1. The Morgan fingerprint density at radius 2 is 1.95 bits per heavy atom. The van der Waals surface area contributed by atoms with E-state index in [0.29, 0.717) is 30.5 Å². The zero-order chi connectivity index (χ0) is 14.7. The van der Waals surface area contributed by atoms with Gasteiger partial charge in [-0.2, -0.15) is 0 Å². The van der Waals surface area contributed by atoms with E-state index in [1.54, 1.807) is 12.4 Å². The molecule has 1 atom stereocenters. The summed E-state index contributed by atoms with van der Waals surface area (Å²) < 4.78 is 11.1. The SMILES string of the molecule is CC(NCc1cc(Cl)c2c(c1)OCCO2)c1ccncc1.Cl. The second kappa shape index (κ2) is 7.68.